The number of carbonyl (C=O) groups is 2. The third-order valence-corrected chi connectivity index (χ3v) is 5.87. The minimum atomic E-state index is 0.0260. The highest BCUT2D eigenvalue weighted by molar-refractivity contribution is 5.98. The summed E-state index contributed by atoms with van der Waals surface area (Å²) in [5.74, 6) is 0.0714. The maximum absolute atomic E-state index is 13.0. The number of hydrogen-bond donors (Lipinski definition) is 1. The molecule has 1 saturated heterocycles. The number of aromatic amines is 1. The van der Waals surface area contributed by atoms with Crippen molar-refractivity contribution in [1.29, 1.82) is 0 Å². The van der Waals surface area contributed by atoms with Gasteiger partial charge in [-0.15, -0.1) is 0 Å². The maximum Gasteiger partial charge on any atom is 0.257 e. The number of H-pyrrole nitrogens is 1. The summed E-state index contributed by atoms with van der Waals surface area (Å²) in [6.45, 7) is 3.12. The molecule has 7 heteroatoms. The van der Waals surface area contributed by atoms with E-state index >= 15 is 0 Å². The average Bonchev–Trinajstić information content (AvgIpc) is 3.39. The number of benzene rings is 1. The van der Waals surface area contributed by atoms with E-state index in [2.05, 4.69) is 10.1 Å². The Morgan fingerprint density at radius 1 is 0.929 bits per heavy atom. The molecule has 28 heavy (non-hydrogen) atoms. The smallest absolute Gasteiger partial charge is 0.257 e. The molecule has 2 amide bonds. The summed E-state index contributed by atoms with van der Waals surface area (Å²) < 4.78 is 1.97. The molecule has 2 aromatic heterocycles. The lowest BCUT2D eigenvalue weighted by molar-refractivity contribution is 0.0534. The zero-order valence-corrected chi connectivity index (χ0v) is 15.7. The second-order valence-electron chi connectivity index (χ2n) is 7.55. The number of carbonyl (C=O) groups excluding carboxylic acids is 2. The van der Waals surface area contributed by atoms with Gasteiger partial charge in [0, 0.05) is 55.4 Å². The molecule has 0 aliphatic carbocycles. The lowest BCUT2D eigenvalue weighted by Gasteiger charge is -2.35. The van der Waals surface area contributed by atoms with Gasteiger partial charge in [-0.25, -0.2) is 0 Å². The van der Waals surface area contributed by atoms with Gasteiger partial charge in [0.2, 0.25) is 0 Å². The average molecular weight is 377 g/mol. The number of rotatable bonds is 2. The number of aryl methyl sites for hydroxylation is 1. The number of nitrogens with zero attached hydrogens (tertiary/aromatic N) is 4. The summed E-state index contributed by atoms with van der Waals surface area (Å²) in [4.78, 5) is 32.7. The maximum atomic E-state index is 13.0. The van der Waals surface area contributed by atoms with Crippen LogP contribution in [-0.2, 0) is 13.0 Å². The van der Waals surface area contributed by atoms with E-state index < -0.39 is 0 Å². The second-order valence-corrected chi connectivity index (χ2v) is 7.55. The summed E-state index contributed by atoms with van der Waals surface area (Å²) in [6, 6.07) is 7.68. The summed E-state index contributed by atoms with van der Waals surface area (Å²) in [5.41, 5.74) is 3.51. The lowest BCUT2D eigenvalue weighted by Crippen LogP contribution is -2.50. The van der Waals surface area contributed by atoms with Gasteiger partial charge in [0.05, 0.1) is 17.5 Å². The van der Waals surface area contributed by atoms with Crippen molar-refractivity contribution in [3.05, 3.63) is 53.5 Å². The van der Waals surface area contributed by atoms with Gasteiger partial charge in [-0.3, -0.25) is 14.3 Å². The van der Waals surface area contributed by atoms with Crippen molar-refractivity contribution < 1.29 is 9.59 Å². The highest BCUT2D eigenvalue weighted by Gasteiger charge is 2.28. The Morgan fingerprint density at radius 2 is 1.71 bits per heavy atom. The van der Waals surface area contributed by atoms with Crippen molar-refractivity contribution in [3.63, 3.8) is 0 Å². The van der Waals surface area contributed by atoms with Crippen LogP contribution in [0.2, 0.25) is 0 Å². The van der Waals surface area contributed by atoms with E-state index in [0.717, 1.165) is 48.0 Å². The first-order valence-electron chi connectivity index (χ1n) is 9.91. The number of amides is 2. The van der Waals surface area contributed by atoms with Gasteiger partial charge in [0.25, 0.3) is 11.8 Å². The van der Waals surface area contributed by atoms with Gasteiger partial charge in [-0.05, 0) is 43.5 Å². The summed E-state index contributed by atoms with van der Waals surface area (Å²) in [5, 5.41) is 5.41. The fourth-order valence-corrected chi connectivity index (χ4v) is 4.25. The molecule has 0 saturated carbocycles. The van der Waals surface area contributed by atoms with Gasteiger partial charge in [-0.2, -0.15) is 5.10 Å². The molecule has 0 unspecified atom stereocenters. The quantitative estimate of drug-likeness (QED) is 0.745. The van der Waals surface area contributed by atoms with E-state index in [1.807, 2.05) is 44.9 Å². The SMILES string of the molecule is O=C(c1ccc2[nH]ccc2c1)N1CCN(C(=O)c2cnn3c2CCCC3)CC1. The molecule has 2 aliphatic rings. The highest BCUT2D eigenvalue weighted by Crippen LogP contribution is 2.21. The number of hydrogen-bond acceptors (Lipinski definition) is 3. The molecule has 0 radical (unpaired) electrons. The van der Waals surface area contributed by atoms with Crippen molar-refractivity contribution in [2.45, 2.75) is 25.8 Å². The van der Waals surface area contributed by atoms with E-state index in [0.29, 0.717) is 31.7 Å². The van der Waals surface area contributed by atoms with Crippen LogP contribution in [0.25, 0.3) is 10.9 Å². The summed E-state index contributed by atoms with van der Waals surface area (Å²) in [7, 11) is 0. The summed E-state index contributed by atoms with van der Waals surface area (Å²) in [6.07, 6.45) is 6.74. The predicted octanol–water partition coefficient (Wildman–Crippen LogP) is 2.30. The van der Waals surface area contributed by atoms with Gasteiger partial charge >= 0.3 is 0 Å². The Hall–Kier alpha value is -3.09. The van der Waals surface area contributed by atoms with Crippen LogP contribution in [0.15, 0.2) is 36.7 Å². The highest BCUT2D eigenvalue weighted by atomic mass is 16.2. The van der Waals surface area contributed by atoms with Crippen LogP contribution in [0, 0.1) is 0 Å². The molecule has 7 nitrogen and oxygen atoms in total. The Bertz CT molecular complexity index is 1040. The molecule has 2 aliphatic heterocycles. The van der Waals surface area contributed by atoms with E-state index in [-0.39, 0.29) is 11.8 Å². The topological polar surface area (TPSA) is 74.2 Å². The third kappa shape index (κ3) is 2.87. The fraction of sp³-hybridized carbons (Fsp3) is 0.381. The third-order valence-electron chi connectivity index (χ3n) is 5.87. The minimum absolute atomic E-state index is 0.0260. The Balaban J connectivity index is 1.26. The predicted molar refractivity (Wildman–Crippen MR) is 105 cm³/mol. The zero-order chi connectivity index (χ0) is 19.1. The molecule has 144 valence electrons. The molecular formula is C21H23N5O2. The Labute approximate surface area is 162 Å². The van der Waals surface area contributed by atoms with Crippen LogP contribution in [0.1, 0.15) is 39.3 Å². The van der Waals surface area contributed by atoms with Crippen molar-refractivity contribution in [3.8, 4) is 0 Å². The first-order chi connectivity index (χ1) is 13.7. The monoisotopic (exact) mass is 377 g/mol. The fourth-order valence-electron chi connectivity index (χ4n) is 4.25. The molecule has 1 aromatic carbocycles. The number of fused-ring (bicyclic) bond motifs is 2. The van der Waals surface area contributed by atoms with Crippen molar-refractivity contribution in [1.82, 2.24) is 24.6 Å². The summed E-state index contributed by atoms with van der Waals surface area (Å²) >= 11 is 0. The molecule has 3 aromatic rings. The van der Waals surface area contributed by atoms with Crippen LogP contribution >= 0.6 is 0 Å². The number of aromatic nitrogens is 3. The molecule has 5 rings (SSSR count). The van der Waals surface area contributed by atoms with Gasteiger partial charge in [0.15, 0.2) is 0 Å². The first-order valence-corrected chi connectivity index (χ1v) is 9.91. The van der Waals surface area contributed by atoms with Crippen LogP contribution < -0.4 is 0 Å². The lowest BCUT2D eigenvalue weighted by atomic mass is 10.1. The van der Waals surface area contributed by atoms with Crippen LogP contribution in [0.4, 0.5) is 0 Å². The molecule has 0 bridgehead atoms. The van der Waals surface area contributed by atoms with Gasteiger partial charge in [0.1, 0.15) is 0 Å². The van der Waals surface area contributed by atoms with E-state index in [1.54, 1.807) is 6.20 Å². The largest absolute Gasteiger partial charge is 0.361 e. The van der Waals surface area contributed by atoms with E-state index in [4.69, 9.17) is 0 Å². The molecule has 4 heterocycles. The molecule has 1 fully saturated rings. The molecule has 1 N–H and O–H groups in total. The number of piperazine rings is 1. The zero-order valence-electron chi connectivity index (χ0n) is 15.7. The Morgan fingerprint density at radius 3 is 2.54 bits per heavy atom. The van der Waals surface area contributed by atoms with Crippen LogP contribution in [0.5, 0.6) is 0 Å². The van der Waals surface area contributed by atoms with E-state index in [9.17, 15) is 9.59 Å². The van der Waals surface area contributed by atoms with Gasteiger partial charge in [-0.1, -0.05) is 0 Å². The molecule has 0 atom stereocenters. The standard InChI is InChI=1S/C21H23N5O2/c27-20(16-4-5-18-15(13-16)6-7-22-18)24-9-11-25(12-10-24)21(28)17-14-23-26-8-2-1-3-19(17)26/h4-7,13-14,22H,1-3,8-12H2. The first kappa shape index (κ1) is 17.0. The van der Waals surface area contributed by atoms with E-state index in [1.165, 1.54) is 0 Å². The van der Waals surface area contributed by atoms with Crippen molar-refractivity contribution >= 4 is 22.7 Å². The second kappa shape index (κ2) is 6.82. The van der Waals surface area contributed by atoms with Crippen molar-refractivity contribution in [2.24, 2.45) is 0 Å². The Kier molecular flexibility index (Phi) is 4.15. The number of nitrogens with one attached hydrogen (secondary N) is 1. The van der Waals surface area contributed by atoms with Crippen molar-refractivity contribution in [2.75, 3.05) is 26.2 Å². The molecular weight excluding hydrogens is 354 g/mol. The minimum Gasteiger partial charge on any atom is -0.361 e. The normalized spacial score (nSPS) is 17.0. The van der Waals surface area contributed by atoms with Crippen LogP contribution in [-0.4, -0.2) is 62.6 Å². The molecule has 0 spiro atoms. The van der Waals surface area contributed by atoms with Crippen LogP contribution in [0.3, 0.4) is 0 Å². The van der Waals surface area contributed by atoms with Gasteiger partial charge < -0.3 is 14.8 Å².